The average Bonchev–Trinajstić information content (AvgIpc) is 3.08. The van der Waals surface area contributed by atoms with Crippen molar-refractivity contribution < 1.29 is 18.0 Å². The SMILES string of the molecule is CS(=O)(=O)c1ccc(C(=O)NNC(=O)CSCc2nc3ccccc3s2)cc1. The van der Waals surface area contributed by atoms with Crippen LogP contribution in [0.3, 0.4) is 0 Å². The molecule has 28 heavy (non-hydrogen) atoms. The predicted molar refractivity (Wildman–Crippen MR) is 111 cm³/mol. The Bertz CT molecular complexity index is 1080. The van der Waals surface area contributed by atoms with Crippen LogP contribution in [0.4, 0.5) is 0 Å². The summed E-state index contributed by atoms with van der Waals surface area (Å²) in [7, 11) is -3.32. The fourth-order valence-electron chi connectivity index (χ4n) is 2.30. The van der Waals surface area contributed by atoms with Crippen LogP contribution in [0.15, 0.2) is 53.4 Å². The molecule has 1 heterocycles. The maximum absolute atomic E-state index is 12.0. The second-order valence-corrected chi connectivity index (χ2v) is 9.98. The zero-order chi connectivity index (χ0) is 20.1. The number of rotatable bonds is 6. The highest BCUT2D eigenvalue weighted by atomic mass is 32.2. The Balaban J connectivity index is 1.44. The molecule has 2 N–H and O–H groups in total. The minimum atomic E-state index is -3.32. The number of para-hydroxylation sites is 1. The predicted octanol–water partition coefficient (Wildman–Crippen LogP) is 2.39. The monoisotopic (exact) mass is 435 g/mol. The van der Waals surface area contributed by atoms with Gasteiger partial charge in [0.25, 0.3) is 5.91 Å². The van der Waals surface area contributed by atoms with Gasteiger partial charge in [0, 0.05) is 17.6 Å². The van der Waals surface area contributed by atoms with Crippen molar-refractivity contribution in [1.29, 1.82) is 0 Å². The number of fused-ring (bicyclic) bond motifs is 1. The molecule has 0 fully saturated rings. The lowest BCUT2D eigenvalue weighted by atomic mass is 10.2. The van der Waals surface area contributed by atoms with Gasteiger partial charge >= 0.3 is 0 Å². The lowest BCUT2D eigenvalue weighted by Crippen LogP contribution is -2.42. The van der Waals surface area contributed by atoms with E-state index in [2.05, 4.69) is 15.8 Å². The van der Waals surface area contributed by atoms with Crippen molar-refractivity contribution in [3.8, 4) is 0 Å². The van der Waals surface area contributed by atoms with Crippen molar-refractivity contribution in [1.82, 2.24) is 15.8 Å². The van der Waals surface area contributed by atoms with E-state index in [1.165, 1.54) is 36.0 Å². The van der Waals surface area contributed by atoms with Gasteiger partial charge in [-0.15, -0.1) is 23.1 Å². The number of amides is 2. The minimum absolute atomic E-state index is 0.124. The second kappa shape index (κ2) is 8.72. The van der Waals surface area contributed by atoms with Crippen LogP contribution in [-0.2, 0) is 20.4 Å². The summed E-state index contributed by atoms with van der Waals surface area (Å²) in [6.45, 7) is 0. The number of sulfone groups is 1. The summed E-state index contributed by atoms with van der Waals surface area (Å²) in [6.07, 6.45) is 1.09. The van der Waals surface area contributed by atoms with E-state index in [0.717, 1.165) is 21.5 Å². The summed E-state index contributed by atoms with van der Waals surface area (Å²) in [5.74, 6) is -0.0894. The highest BCUT2D eigenvalue weighted by Crippen LogP contribution is 2.24. The number of hydrogen-bond acceptors (Lipinski definition) is 7. The van der Waals surface area contributed by atoms with Gasteiger partial charge in [0.1, 0.15) is 5.01 Å². The third-order valence-corrected chi connectivity index (χ3v) is 6.95. The summed E-state index contributed by atoms with van der Waals surface area (Å²) >= 11 is 2.99. The molecular weight excluding hydrogens is 418 g/mol. The quantitative estimate of drug-likeness (QED) is 0.576. The Morgan fingerprint density at radius 3 is 2.46 bits per heavy atom. The summed E-state index contributed by atoms with van der Waals surface area (Å²) < 4.78 is 23.9. The van der Waals surface area contributed by atoms with Gasteiger partial charge in [-0.25, -0.2) is 13.4 Å². The highest BCUT2D eigenvalue weighted by molar-refractivity contribution is 7.99. The number of carbonyl (C=O) groups excluding carboxylic acids is 2. The number of hydrogen-bond donors (Lipinski definition) is 2. The first kappa shape index (κ1) is 20.3. The van der Waals surface area contributed by atoms with Gasteiger partial charge in [0.15, 0.2) is 9.84 Å². The smallest absolute Gasteiger partial charge is 0.269 e. The number of nitrogens with one attached hydrogen (secondary N) is 2. The van der Waals surface area contributed by atoms with E-state index in [1.54, 1.807) is 11.3 Å². The third kappa shape index (κ3) is 5.31. The Kier molecular flexibility index (Phi) is 6.32. The summed E-state index contributed by atoms with van der Waals surface area (Å²) in [4.78, 5) is 28.5. The molecule has 0 aliphatic rings. The lowest BCUT2D eigenvalue weighted by molar-refractivity contribution is -0.119. The molecule has 3 aromatic rings. The number of benzene rings is 2. The summed E-state index contributed by atoms with van der Waals surface area (Å²) in [6, 6.07) is 13.3. The van der Waals surface area contributed by atoms with Crippen molar-refractivity contribution in [2.75, 3.05) is 12.0 Å². The van der Waals surface area contributed by atoms with E-state index in [-0.39, 0.29) is 22.1 Å². The summed E-state index contributed by atoms with van der Waals surface area (Å²) in [5.41, 5.74) is 5.85. The molecule has 1 aromatic heterocycles. The molecule has 7 nitrogen and oxygen atoms in total. The first-order valence-electron chi connectivity index (χ1n) is 8.14. The molecule has 0 atom stereocenters. The summed E-state index contributed by atoms with van der Waals surface area (Å²) in [5, 5.41) is 0.939. The van der Waals surface area contributed by atoms with E-state index in [9.17, 15) is 18.0 Å². The van der Waals surface area contributed by atoms with Crippen LogP contribution in [0.25, 0.3) is 10.2 Å². The number of thiazole rings is 1. The number of nitrogens with zero attached hydrogens (tertiary/aromatic N) is 1. The van der Waals surface area contributed by atoms with Crippen molar-refractivity contribution in [2.24, 2.45) is 0 Å². The van der Waals surface area contributed by atoms with Crippen molar-refractivity contribution in [3.63, 3.8) is 0 Å². The maximum atomic E-state index is 12.0. The molecular formula is C18H17N3O4S3. The van der Waals surface area contributed by atoms with Crippen LogP contribution in [-0.4, -0.2) is 37.2 Å². The third-order valence-electron chi connectivity index (χ3n) is 3.66. The van der Waals surface area contributed by atoms with Gasteiger partial charge in [0.2, 0.25) is 5.91 Å². The zero-order valence-corrected chi connectivity index (χ0v) is 17.3. The van der Waals surface area contributed by atoms with Crippen LogP contribution < -0.4 is 10.9 Å². The zero-order valence-electron chi connectivity index (χ0n) is 14.8. The molecule has 0 spiro atoms. The molecule has 0 bridgehead atoms. The topological polar surface area (TPSA) is 105 Å². The van der Waals surface area contributed by atoms with Gasteiger partial charge in [-0.2, -0.15) is 0 Å². The number of thioether (sulfide) groups is 1. The molecule has 0 saturated carbocycles. The first-order valence-corrected chi connectivity index (χ1v) is 12.0. The van der Waals surface area contributed by atoms with E-state index < -0.39 is 15.7 Å². The van der Waals surface area contributed by atoms with Gasteiger partial charge < -0.3 is 0 Å². The molecule has 0 aliphatic carbocycles. The van der Waals surface area contributed by atoms with Crippen LogP contribution in [0.2, 0.25) is 0 Å². The largest absolute Gasteiger partial charge is 0.272 e. The number of hydrazine groups is 1. The van der Waals surface area contributed by atoms with Crippen LogP contribution in [0.1, 0.15) is 15.4 Å². The van der Waals surface area contributed by atoms with E-state index in [1.807, 2.05) is 24.3 Å². The minimum Gasteiger partial charge on any atom is -0.272 e. The van der Waals surface area contributed by atoms with Crippen molar-refractivity contribution in [3.05, 3.63) is 59.1 Å². The first-order chi connectivity index (χ1) is 13.3. The molecule has 0 aliphatic heterocycles. The maximum Gasteiger partial charge on any atom is 0.269 e. The molecule has 2 amide bonds. The molecule has 146 valence electrons. The van der Waals surface area contributed by atoms with E-state index in [0.29, 0.717) is 5.75 Å². The van der Waals surface area contributed by atoms with Crippen LogP contribution >= 0.6 is 23.1 Å². The molecule has 0 radical (unpaired) electrons. The highest BCUT2D eigenvalue weighted by Gasteiger charge is 2.11. The van der Waals surface area contributed by atoms with Crippen LogP contribution in [0, 0.1) is 0 Å². The van der Waals surface area contributed by atoms with Gasteiger partial charge in [0.05, 0.1) is 20.9 Å². The Morgan fingerprint density at radius 2 is 1.79 bits per heavy atom. The second-order valence-electron chi connectivity index (χ2n) is 5.87. The Hall–Kier alpha value is -2.43. The average molecular weight is 436 g/mol. The normalized spacial score (nSPS) is 11.3. The van der Waals surface area contributed by atoms with Gasteiger partial charge in [-0.3, -0.25) is 20.4 Å². The van der Waals surface area contributed by atoms with E-state index >= 15 is 0 Å². The molecule has 0 saturated heterocycles. The fraction of sp³-hybridized carbons (Fsp3) is 0.167. The van der Waals surface area contributed by atoms with Crippen molar-refractivity contribution in [2.45, 2.75) is 10.6 Å². The van der Waals surface area contributed by atoms with Crippen molar-refractivity contribution >= 4 is 55.0 Å². The number of carbonyl (C=O) groups is 2. The molecule has 3 rings (SSSR count). The van der Waals surface area contributed by atoms with Gasteiger partial charge in [-0.1, -0.05) is 12.1 Å². The van der Waals surface area contributed by atoms with Gasteiger partial charge in [-0.05, 0) is 36.4 Å². The molecule has 10 heteroatoms. The molecule has 0 unspecified atom stereocenters. The standard InChI is InChI=1S/C18H17N3O4S3/c1-28(24,25)13-8-6-12(7-9-13)18(23)21-20-16(22)10-26-11-17-19-14-4-2-3-5-15(14)27-17/h2-9H,10-11H2,1H3,(H,20,22)(H,21,23). The number of aromatic nitrogens is 1. The Morgan fingerprint density at radius 1 is 1.07 bits per heavy atom. The van der Waals surface area contributed by atoms with Crippen LogP contribution in [0.5, 0.6) is 0 Å². The molecule has 2 aromatic carbocycles. The Labute approximate surface area is 170 Å². The lowest BCUT2D eigenvalue weighted by Gasteiger charge is -2.07. The fourth-order valence-corrected chi connectivity index (χ4v) is 4.78. The van der Waals surface area contributed by atoms with E-state index in [4.69, 9.17) is 0 Å².